The molecule has 1 saturated heterocycles. The lowest BCUT2D eigenvalue weighted by Gasteiger charge is -2.26. The molecule has 1 heterocycles. The summed E-state index contributed by atoms with van der Waals surface area (Å²) in [5, 5.41) is 18.4. The second-order valence-corrected chi connectivity index (χ2v) is 21.6. The normalized spacial score (nSPS) is 13.3. The second-order valence-electron chi connectivity index (χ2n) is 21.6. The van der Waals surface area contributed by atoms with Gasteiger partial charge in [-0.25, -0.2) is 0 Å². The Morgan fingerprint density at radius 3 is 1.28 bits per heavy atom. The first-order chi connectivity index (χ1) is 40.3. The molecular formula is C69H63N7O7. The van der Waals surface area contributed by atoms with Gasteiger partial charge in [0, 0.05) is 80.2 Å². The van der Waals surface area contributed by atoms with E-state index in [0.717, 1.165) is 71.4 Å². The Morgan fingerprint density at radius 1 is 0.470 bits per heavy atom. The molecule has 0 bridgehead atoms. The molecule has 0 spiro atoms. The van der Waals surface area contributed by atoms with Gasteiger partial charge in [0.25, 0.3) is 29.5 Å². The fourth-order valence-corrected chi connectivity index (χ4v) is 11.8. The quantitative estimate of drug-likeness (QED) is 0.0804. The van der Waals surface area contributed by atoms with Crippen LogP contribution in [0.5, 0.6) is 0 Å². The van der Waals surface area contributed by atoms with Crippen molar-refractivity contribution in [2.24, 2.45) is 5.73 Å². The third-order valence-electron chi connectivity index (χ3n) is 16.1. The molecular weight excluding hydrogens is 1040 g/mol. The number of amides is 7. The van der Waals surface area contributed by atoms with Gasteiger partial charge in [-0.1, -0.05) is 109 Å². The van der Waals surface area contributed by atoms with Crippen LogP contribution < -0.4 is 27.0 Å². The smallest absolute Gasteiger partial charge is 0.254 e. The van der Waals surface area contributed by atoms with Gasteiger partial charge in [0.2, 0.25) is 11.8 Å². The van der Waals surface area contributed by atoms with E-state index in [2.05, 4.69) is 57.7 Å². The molecule has 0 aromatic heterocycles. The lowest BCUT2D eigenvalue weighted by Crippen LogP contribution is -2.49. The van der Waals surface area contributed by atoms with Gasteiger partial charge in [-0.3, -0.25) is 33.6 Å². The summed E-state index contributed by atoms with van der Waals surface area (Å²) in [4.78, 5) is 88.7. The number of carbonyl (C=O) groups excluding carboxylic acids is 7. The summed E-state index contributed by atoms with van der Waals surface area (Å²) >= 11 is 0. The number of rotatable bonds is 12. The molecule has 13 rings (SSSR count). The van der Waals surface area contributed by atoms with Gasteiger partial charge in [-0.2, -0.15) is 0 Å². The van der Waals surface area contributed by atoms with Crippen molar-refractivity contribution in [1.82, 2.24) is 31.1 Å². The molecule has 0 atom stereocenters. The first kappa shape index (κ1) is 55.0. The van der Waals surface area contributed by atoms with Gasteiger partial charge in [-0.15, -0.1) is 0 Å². The molecule has 7 amide bonds. The molecule has 6 N–H and O–H groups in total. The number of nitrogens with two attached hydrogens (primary N) is 1. The van der Waals surface area contributed by atoms with Crippen LogP contribution in [0.2, 0.25) is 0 Å². The molecule has 4 aliphatic rings. The maximum atomic E-state index is 12.9. The highest BCUT2D eigenvalue weighted by Gasteiger charge is 2.24. The summed E-state index contributed by atoms with van der Waals surface area (Å²) in [6, 6.07) is 52.0. The Morgan fingerprint density at radius 2 is 0.867 bits per heavy atom. The summed E-state index contributed by atoms with van der Waals surface area (Å²) in [5.74, 6) is -1.07. The lowest BCUT2D eigenvalue weighted by atomic mass is 9.99. The molecule has 9 aromatic carbocycles. The predicted molar refractivity (Wildman–Crippen MR) is 322 cm³/mol. The molecule has 1 fully saturated rings. The number of carbonyl (C=O) groups is 7. The molecule has 416 valence electrons. The molecule has 1 aliphatic heterocycles. The van der Waals surface area contributed by atoms with Gasteiger partial charge in [0.05, 0.1) is 6.54 Å². The summed E-state index contributed by atoms with van der Waals surface area (Å²) < 4.78 is 0. The van der Waals surface area contributed by atoms with E-state index in [1.54, 1.807) is 66.4 Å². The van der Waals surface area contributed by atoms with E-state index < -0.39 is 5.91 Å². The van der Waals surface area contributed by atoms with Crippen molar-refractivity contribution in [3.63, 3.8) is 0 Å². The third kappa shape index (κ3) is 11.8. The van der Waals surface area contributed by atoms with Crippen LogP contribution in [0.25, 0.3) is 32.3 Å². The minimum Gasteiger partial charge on any atom is -0.366 e. The van der Waals surface area contributed by atoms with Crippen molar-refractivity contribution in [2.75, 3.05) is 33.7 Å². The maximum Gasteiger partial charge on any atom is 0.254 e. The van der Waals surface area contributed by atoms with Crippen LogP contribution in [-0.4, -0.2) is 84.9 Å². The molecule has 0 saturated carbocycles. The van der Waals surface area contributed by atoms with Gasteiger partial charge in [0.15, 0.2) is 0 Å². The molecule has 9 aromatic rings. The summed E-state index contributed by atoms with van der Waals surface area (Å²) in [5.41, 5.74) is 19.6. The lowest BCUT2D eigenvalue weighted by molar-refractivity contribution is -0.123. The van der Waals surface area contributed by atoms with Crippen LogP contribution >= 0.6 is 0 Å². The Kier molecular flexibility index (Phi) is 15.9. The summed E-state index contributed by atoms with van der Waals surface area (Å²) in [6.07, 6.45) is 6.25. The van der Waals surface area contributed by atoms with E-state index in [0.29, 0.717) is 66.1 Å². The van der Waals surface area contributed by atoms with Crippen LogP contribution in [-0.2, 0) is 63.0 Å². The average Bonchev–Trinajstić information content (AvgIpc) is 4.49. The highest BCUT2D eigenvalue weighted by Crippen LogP contribution is 2.35. The zero-order valence-electron chi connectivity index (χ0n) is 46.4. The van der Waals surface area contributed by atoms with Crippen LogP contribution in [0.1, 0.15) is 112 Å². The molecule has 0 radical (unpaired) electrons. The van der Waals surface area contributed by atoms with E-state index >= 15 is 0 Å². The monoisotopic (exact) mass is 1100 g/mol. The number of hydrogen-bond donors (Lipinski definition) is 5. The number of aryl methyl sites for hydroxylation is 6. The number of benzene rings is 9. The van der Waals surface area contributed by atoms with E-state index in [1.165, 1.54) is 49.5 Å². The Labute approximate surface area is 481 Å². The summed E-state index contributed by atoms with van der Waals surface area (Å²) in [7, 11) is 3.46. The number of primary amides is 1. The van der Waals surface area contributed by atoms with Crippen molar-refractivity contribution in [3.8, 4) is 0 Å². The number of piperazine rings is 1. The molecule has 83 heavy (non-hydrogen) atoms. The van der Waals surface area contributed by atoms with Crippen molar-refractivity contribution in [2.45, 2.75) is 58.2 Å². The van der Waals surface area contributed by atoms with Crippen molar-refractivity contribution in [3.05, 3.63) is 247 Å². The highest BCUT2D eigenvalue weighted by atomic mass is 16.2. The van der Waals surface area contributed by atoms with Crippen LogP contribution in [0.3, 0.4) is 0 Å². The van der Waals surface area contributed by atoms with E-state index in [1.807, 2.05) is 84.9 Å². The number of nitrogens with one attached hydrogen (secondary N) is 4. The largest absolute Gasteiger partial charge is 0.366 e. The third-order valence-corrected chi connectivity index (χ3v) is 16.1. The summed E-state index contributed by atoms with van der Waals surface area (Å²) in [6.45, 7) is 2.24. The zero-order chi connectivity index (χ0) is 57.7. The minimum absolute atomic E-state index is 0.0457. The van der Waals surface area contributed by atoms with E-state index in [-0.39, 0.29) is 42.0 Å². The van der Waals surface area contributed by atoms with Crippen molar-refractivity contribution >= 4 is 73.7 Å². The van der Waals surface area contributed by atoms with Gasteiger partial charge >= 0.3 is 0 Å². The van der Waals surface area contributed by atoms with Crippen molar-refractivity contribution in [1.29, 1.82) is 0 Å². The average molecular weight is 1100 g/mol. The highest BCUT2D eigenvalue weighted by molar-refractivity contribution is 6.11. The fourth-order valence-electron chi connectivity index (χ4n) is 11.8. The molecule has 14 heteroatoms. The van der Waals surface area contributed by atoms with Crippen LogP contribution in [0, 0.1) is 0 Å². The van der Waals surface area contributed by atoms with E-state index in [4.69, 9.17) is 5.73 Å². The SMILES string of the molecule is CN(C)C(=O)c1cccc(CNC(=O)c2ccc3c4c(cccc24)CC3)c1.NC(=O)c1ccc(CNC(=O)c2ccc3c4c(cccc24)CC3)cc1.O=C1CN(C(=O)c2ccc(CNC(=O)c3ccc4c5c(cccc35)CC4)cc2)CCN1. The number of nitrogens with zero attached hydrogens (tertiary/aromatic N) is 2. The standard InChI is InChI=1S/C25H23N3O3.C23H22N2O2.C21H18N2O2/c29-22-15-28(13-12-26-22)25(31)19-6-4-16(5-7-19)14-27-24(30)21-11-10-18-9-8-17-2-1-3-20(21)23(17)18;1-25(2)23(27)18-7-3-5-15(13-18)14-24-22(26)20-12-11-17-10-9-16-6-4-8-19(20)21(16)17;22-20(24)16-6-4-13(5-7-16)12-23-21(25)18-11-10-15-9-8-14-2-1-3-17(18)19(14)15/h1-7,10-11H,8-9,12-15H2,(H,26,29)(H,27,30);3-8,11-13H,9-10,14H2,1-2H3,(H,24,26);1-7,10-11H,8-9,12H2,(H2,22,24)(H,23,25). The first-order valence-corrected chi connectivity index (χ1v) is 28.1. The maximum absolute atomic E-state index is 12.9. The molecule has 3 aliphatic carbocycles. The fraction of sp³-hybridized carbons (Fsp3) is 0.203. The van der Waals surface area contributed by atoms with Crippen LogP contribution in [0.4, 0.5) is 0 Å². The van der Waals surface area contributed by atoms with E-state index in [9.17, 15) is 33.6 Å². The minimum atomic E-state index is -0.455. The Bertz CT molecular complexity index is 4050. The van der Waals surface area contributed by atoms with Crippen LogP contribution in [0.15, 0.2) is 164 Å². The van der Waals surface area contributed by atoms with Gasteiger partial charge < -0.3 is 36.8 Å². The molecule has 0 unspecified atom stereocenters. The number of hydrogen-bond acceptors (Lipinski definition) is 7. The first-order valence-electron chi connectivity index (χ1n) is 28.1. The predicted octanol–water partition coefficient (Wildman–Crippen LogP) is 8.98. The molecule has 14 nitrogen and oxygen atoms in total. The topological polar surface area (TPSA) is 200 Å². The Hall–Kier alpha value is -9.95. The van der Waals surface area contributed by atoms with Crippen molar-refractivity contribution < 1.29 is 33.6 Å². The Balaban J connectivity index is 0.000000131. The van der Waals surface area contributed by atoms with Gasteiger partial charge in [0.1, 0.15) is 0 Å². The second kappa shape index (κ2) is 24.0. The zero-order valence-corrected chi connectivity index (χ0v) is 46.4. The van der Waals surface area contributed by atoms with Gasteiger partial charge in [-0.05, 0) is 176 Å².